The monoisotopic (exact) mass is 595 g/mol. The van der Waals surface area contributed by atoms with Crippen LogP contribution in [0.4, 0.5) is 0 Å². The van der Waals surface area contributed by atoms with Crippen LogP contribution in [-0.4, -0.2) is 67.8 Å². The van der Waals surface area contributed by atoms with Crippen LogP contribution < -0.4 is 0 Å². The van der Waals surface area contributed by atoms with Crippen LogP contribution in [0.15, 0.2) is 90.1 Å². The molecule has 0 aliphatic carbocycles. The average molecular weight is 596 g/mol. The quantitative estimate of drug-likeness (QED) is 0.131. The lowest BCUT2D eigenvalue weighted by Gasteiger charge is -2.40. The lowest BCUT2D eigenvalue weighted by Crippen LogP contribution is -2.55. The minimum Gasteiger partial charge on any atom is -0.339 e. The summed E-state index contributed by atoms with van der Waals surface area (Å²) in [4.78, 5) is 30.2. The Labute approximate surface area is 259 Å². The van der Waals surface area contributed by atoms with Crippen LogP contribution in [0.3, 0.4) is 0 Å². The molecule has 0 spiro atoms. The van der Waals surface area contributed by atoms with Gasteiger partial charge in [-0.05, 0) is 56.0 Å². The molecule has 0 bridgehead atoms. The normalized spacial score (nSPS) is 15.1. The number of nitrogens with zero attached hydrogens (tertiary/aromatic N) is 5. The summed E-state index contributed by atoms with van der Waals surface area (Å²) in [6.07, 6.45) is 5.88. The molecule has 1 aromatic heterocycles. The molecule has 1 saturated heterocycles. The van der Waals surface area contributed by atoms with Crippen LogP contribution in [0.1, 0.15) is 61.9 Å². The van der Waals surface area contributed by atoms with Crippen LogP contribution in [0.25, 0.3) is 17.1 Å². The molecule has 1 aliphatic heterocycles. The van der Waals surface area contributed by atoms with Gasteiger partial charge in [-0.2, -0.15) is 0 Å². The molecule has 5 rings (SSSR count). The molecule has 43 heavy (non-hydrogen) atoms. The molecule has 4 aromatic rings. The second kappa shape index (κ2) is 15.0. The molecule has 8 heteroatoms. The molecule has 0 saturated carbocycles. The molecular weight excluding hydrogens is 554 g/mol. The summed E-state index contributed by atoms with van der Waals surface area (Å²) in [7, 11) is 0. The largest absolute Gasteiger partial charge is 0.339 e. The van der Waals surface area contributed by atoms with Crippen LogP contribution in [0, 0.1) is 0 Å². The van der Waals surface area contributed by atoms with Gasteiger partial charge in [0, 0.05) is 54.7 Å². The Bertz CT molecular complexity index is 1470. The summed E-state index contributed by atoms with van der Waals surface area (Å²) >= 11 is 1.62. The number of amides is 2. The van der Waals surface area contributed by atoms with Gasteiger partial charge in [0.15, 0.2) is 11.0 Å². The number of hydrogen-bond acceptors (Lipinski definition) is 5. The van der Waals surface area contributed by atoms with E-state index in [9.17, 15) is 9.59 Å². The number of carbonyl (C=O) groups is 2. The van der Waals surface area contributed by atoms with Gasteiger partial charge < -0.3 is 9.80 Å². The molecule has 0 radical (unpaired) electrons. The summed E-state index contributed by atoms with van der Waals surface area (Å²) in [6.45, 7) is 5.93. The molecular formula is C35H41N5O2S. The Morgan fingerprint density at radius 2 is 1.58 bits per heavy atom. The maximum atomic E-state index is 13.2. The zero-order chi connectivity index (χ0) is 30.0. The van der Waals surface area contributed by atoms with E-state index in [1.165, 1.54) is 24.8 Å². The van der Waals surface area contributed by atoms with Crippen molar-refractivity contribution in [3.05, 3.63) is 96.1 Å². The van der Waals surface area contributed by atoms with Crippen molar-refractivity contribution < 1.29 is 9.59 Å². The Balaban J connectivity index is 1.12. The summed E-state index contributed by atoms with van der Waals surface area (Å²) in [5.74, 6) is 1.75. The zero-order valence-corrected chi connectivity index (χ0v) is 26.0. The van der Waals surface area contributed by atoms with Gasteiger partial charge in [0.05, 0.1) is 0 Å². The van der Waals surface area contributed by atoms with Gasteiger partial charge in [-0.15, -0.1) is 10.2 Å². The highest BCUT2D eigenvalue weighted by Gasteiger charge is 2.30. The first-order valence-electron chi connectivity index (χ1n) is 15.4. The van der Waals surface area contributed by atoms with E-state index in [2.05, 4.69) is 46.0 Å². The topological polar surface area (TPSA) is 71.3 Å². The first-order chi connectivity index (χ1) is 21.0. The maximum Gasteiger partial charge on any atom is 0.254 e. The van der Waals surface area contributed by atoms with Crippen LogP contribution in [0.2, 0.25) is 0 Å². The first kappa shape index (κ1) is 30.5. The second-order valence-electron chi connectivity index (χ2n) is 11.1. The summed E-state index contributed by atoms with van der Waals surface area (Å²) in [6, 6.07) is 28.2. The third-order valence-electron chi connectivity index (χ3n) is 7.96. The standard InChI is InChI=1S/C35H41N5O2S/c1-3-4-7-13-28-19-21-30(22-20-28)34(42)39-24-23-38(26-27(39)2)32(41)18-12-25-43-35-37-36-33(29-14-8-5-9-15-29)40(35)31-16-10-6-11-17-31/h5-6,8-11,14-17,19-22,27H,3-4,7,12-13,18,23-26H2,1-2H3. The van der Waals surface area contributed by atoms with Gasteiger partial charge in [0.1, 0.15) is 0 Å². The molecule has 7 nitrogen and oxygen atoms in total. The number of para-hydroxylation sites is 1. The van der Waals surface area contributed by atoms with Gasteiger partial charge in [-0.3, -0.25) is 14.2 Å². The van der Waals surface area contributed by atoms with E-state index in [4.69, 9.17) is 0 Å². The number of aryl methyl sites for hydroxylation is 1. The third-order valence-corrected chi connectivity index (χ3v) is 8.97. The van der Waals surface area contributed by atoms with Crippen molar-refractivity contribution in [2.24, 2.45) is 0 Å². The van der Waals surface area contributed by atoms with Crippen LogP contribution >= 0.6 is 11.8 Å². The van der Waals surface area contributed by atoms with Crippen molar-refractivity contribution in [2.75, 3.05) is 25.4 Å². The van der Waals surface area contributed by atoms with Gasteiger partial charge in [-0.25, -0.2) is 0 Å². The van der Waals surface area contributed by atoms with Gasteiger partial charge >= 0.3 is 0 Å². The zero-order valence-electron chi connectivity index (χ0n) is 25.2. The molecule has 1 atom stereocenters. The average Bonchev–Trinajstić information content (AvgIpc) is 3.48. The fourth-order valence-electron chi connectivity index (χ4n) is 5.54. The van der Waals surface area contributed by atoms with E-state index in [1.807, 2.05) is 77.4 Å². The van der Waals surface area contributed by atoms with E-state index >= 15 is 0 Å². The van der Waals surface area contributed by atoms with E-state index < -0.39 is 0 Å². The van der Waals surface area contributed by atoms with Gasteiger partial charge in [-0.1, -0.05) is 92.2 Å². The summed E-state index contributed by atoms with van der Waals surface area (Å²) < 4.78 is 2.08. The molecule has 0 N–H and O–H groups in total. The summed E-state index contributed by atoms with van der Waals surface area (Å²) in [5.41, 5.74) is 4.02. The fraction of sp³-hybridized carbons (Fsp3) is 0.371. The Morgan fingerprint density at radius 1 is 0.860 bits per heavy atom. The van der Waals surface area contributed by atoms with E-state index in [0.717, 1.165) is 46.4 Å². The van der Waals surface area contributed by atoms with Crippen LogP contribution in [-0.2, 0) is 11.2 Å². The van der Waals surface area contributed by atoms with E-state index in [1.54, 1.807) is 11.8 Å². The molecule has 1 fully saturated rings. The maximum absolute atomic E-state index is 13.2. The molecule has 2 heterocycles. The number of rotatable bonds is 12. The predicted molar refractivity (Wildman–Crippen MR) is 174 cm³/mol. The third kappa shape index (κ3) is 7.73. The number of aromatic nitrogens is 3. The number of piperazine rings is 1. The number of unbranched alkanes of at least 4 members (excludes halogenated alkanes) is 2. The number of carbonyl (C=O) groups excluding carboxylic acids is 2. The number of hydrogen-bond donors (Lipinski definition) is 0. The van der Waals surface area contributed by atoms with Gasteiger partial charge in [0.25, 0.3) is 5.91 Å². The van der Waals surface area contributed by atoms with E-state index in [-0.39, 0.29) is 17.9 Å². The lowest BCUT2D eigenvalue weighted by atomic mass is 10.0. The van der Waals surface area contributed by atoms with Gasteiger partial charge in [0.2, 0.25) is 5.91 Å². The Kier molecular flexibility index (Phi) is 10.7. The number of benzene rings is 3. The van der Waals surface area contributed by atoms with Crippen molar-refractivity contribution >= 4 is 23.6 Å². The van der Waals surface area contributed by atoms with Crippen molar-refractivity contribution in [3.63, 3.8) is 0 Å². The van der Waals surface area contributed by atoms with Crippen molar-refractivity contribution in [2.45, 2.75) is 63.6 Å². The Morgan fingerprint density at radius 3 is 2.28 bits per heavy atom. The minimum atomic E-state index is -0.0235. The predicted octanol–water partition coefficient (Wildman–Crippen LogP) is 6.91. The van der Waals surface area contributed by atoms with Crippen molar-refractivity contribution in [3.8, 4) is 17.1 Å². The van der Waals surface area contributed by atoms with Crippen molar-refractivity contribution in [1.29, 1.82) is 0 Å². The highest BCUT2D eigenvalue weighted by atomic mass is 32.2. The number of thioether (sulfide) groups is 1. The molecule has 1 aliphatic rings. The molecule has 1 unspecified atom stereocenters. The molecule has 2 amide bonds. The first-order valence-corrected chi connectivity index (χ1v) is 16.4. The second-order valence-corrected chi connectivity index (χ2v) is 12.2. The molecule has 3 aromatic carbocycles. The highest BCUT2D eigenvalue weighted by Crippen LogP contribution is 2.28. The fourth-order valence-corrected chi connectivity index (χ4v) is 6.43. The molecule has 224 valence electrons. The van der Waals surface area contributed by atoms with Crippen molar-refractivity contribution in [1.82, 2.24) is 24.6 Å². The van der Waals surface area contributed by atoms with Crippen LogP contribution in [0.5, 0.6) is 0 Å². The highest BCUT2D eigenvalue weighted by molar-refractivity contribution is 7.99. The van der Waals surface area contributed by atoms with E-state index in [0.29, 0.717) is 26.1 Å². The minimum absolute atomic E-state index is 0.0235. The Hall–Kier alpha value is -3.91. The SMILES string of the molecule is CCCCCc1ccc(C(=O)N2CCN(C(=O)CCCSc3nnc(-c4ccccc4)n3-c3ccccc3)CC2C)cc1. The smallest absolute Gasteiger partial charge is 0.254 e. The lowest BCUT2D eigenvalue weighted by molar-refractivity contribution is -0.133. The summed E-state index contributed by atoms with van der Waals surface area (Å²) in [5, 5.41) is 9.82.